The highest BCUT2D eigenvalue weighted by atomic mass is 32.2. The predicted molar refractivity (Wildman–Crippen MR) is 122 cm³/mol. The van der Waals surface area contributed by atoms with Gasteiger partial charge in [0.05, 0.1) is 18.5 Å². The van der Waals surface area contributed by atoms with Crippen LogP contribution in [0.4, 0.5) is 5.69 Å². The number of nitrogens with zero attached hydrogens (tertiary/aromatic N) is 1. The van der Waals surface area contributed by atoms with Crippen molar-refractivity contribution >= 4 is 21.6 Å². The van der Waals surface area contributed by atoms with Crippen LogP contribution in [-0.2, 0) is 21.2 Å². The molecule has 0 radical (unpaired) electrons. The van der Waals surface area contributed by atoms with Gasteiger partial charge >= 0.3 is 0 Å². The Labute approximate surface area is 180 Å². The van der Waals surface area contributed by atoms with E-state index in [2.05, 4.69) is 11.4 Å². The Balaban J connectivity index is 1.80. The van der Waals surface area contributed by atoms with Gasteiger partial charge in [-0.25, -0.2) is 8.42 Å². The molecule has 2 aromatic rings. The Hall–Kier alpha value is -2.54. The number of carbonyl (C=O) groups excluding carboxylic acids is 1. The molecule has 30 heavy (non-hydrogen) atoms. The van der Waals surface area contributed by atoms with E-state index in [4.69, 9.17) is 4.74 Å². The van der Waals surface area contributed by atoms with Crippen molar-refractivity contribution in [2.75, 3.05) is 30.3 Å². The maximum absolute atomic E-state index is 12.3. The quantitative estimate of drug-likeness (QED) is 0.551. The molecule has 0 atom stereocenters. The first-order valence-electron chi connectivity index (χ1n) is 10.2. The second-order valence-corrected chi connectivity index (χ2v) is 9.30. The number of sulfonamides is 1. The van der Waals surface area contributed by atoms with Crippen molar-refractivity contribution in [3.8, 4) is 5.75 Å². The van der Waals surface area contributed by atoms with Crippen LogP contribution < -0.4 is 14.4 Å². The highest BCUT2D eigenvalue weighted by Gasteiger charge is 2.19. The van der Waals surface area contributed by atoms with E-state index in [9.17, 15) is 13.2 Å². The molecule has 0 aliphatic rings. The van der Waals surface area contributed by atoms with Gasteiger partial charge in [-0.3, -0.25) is 9.10 Å². The van der Waals surface area contributed by atoms with Crippen LogP contribution in [0.25, 0.3) is 0 Å². The van der Waals surface area contributed by atoms with Gasteiger partial charge in [0.2, 0.25) is 15.9 Å². The molecule has 0 saturated carbocycles. The zero-order chi connectivity index (χ0) is 22.1. The van der Waals surface area contributed by atoms with E-state index < -0.39 is 10.0 Å². The molecule has 0 aromatic heterocycles. The average Bonchev–Trinajstić information content (AvgIpc) is 2.69. The van der Waals surface area contributed by atoms with Crippen LogP contribution in [0.15, 0.2) is 42.5 Å². The molecular formula is C23H32N2O4S. The van der Waals surface area contributed by atoms with E-state index in [0.29, 0.717) is 25.3 Å². The number of carbonyl (C=O) groups is 1. The summed E-state index contributed by atoms with van der Waals surface area (Å²) in [7, 11) is -3.43. The fourth-order valence-electron chi connectivity index (χ4n) is 3.30. The first-order valence-corrected chi connectivity index (χ1v) is 12.1. The molecule has 7 heteroatoms. The lowest BCUT2D eigenvalue weighted by Gasteiger charge is -2.24. The maximum Gasteiger partial charge on any atom is 0.232 e. The number of nitrogens with one attached hydrogen (secondary N) is 1. The van der Waals surface area contributed by atoms with Crippen molar-refractivity contribution in [1.29, 1.82) is 0 Å². The largest absolute Gasteiger partial charge is 0.491 e. The van der Waals surface area contributed by atoms with Crippen LogP contribution >= 0.6 is 0 Å². The highest BCUT2D eigenvalue weighted by molar-refractivity contribution is 7.92. The summed E-state index contributed by atoms with van der Waals surface area (Å²) in [6.45, 7) is 7.07. The summed E-state index contributed by atoms with van der Waals surface area (Å²) in [6.07, 6.45) is 2.63. The van der Waals surface area contributed by atoms with Gasteiger partial charge < -0.3 is 10.1 Å². The lowest BCUT2D eigenvalue weighted by Crippen LogP contribution is -2.33. The van der Waals surface area contributed by atoms with Crippen LogP contribution in [-0.4, -0.2) is 40.3 Å². The Morgan fingerprint density at radius 1 is 1.13 bits per heavy atom. The molecular weight excluding hydrogens is 400 g/mol. The molecule has 0 heterocycles. The molecule has 0 spiro atoms. The second kappa shape index (κ2) is 11.0. The van der Waals surface area contributed by atoms with Gasteiger partial charge in [-0.05, 0) is 49.9 Å². The molecule has 0 unspecified atom stereocenters. The first kappa shape index (κ1) is 23.7. The first-order chi connectivity index (χ1) is 14.2. The number of para-hydroxylation sites is 1. The minimum atomic E-state index is -3.43. The fraction of sp³-hybridized carbons (Fsp3) is 0.435. The number of benzene rings is 2. The van der Waals surface area contributed by atoms with Gasteiger partial charge in [0.25, 0.3) is 0 Å². The predicted octanol–water partition coefficient (Wildman–Crippen LogP) is 3.61. The molecule has 0 saturated heterocycles. The number of hydrogen-bond acceptors (Lipinski definition) is 4. The van der Waals surface area contributed by atoms with Crippen LogP contribution in [0.3, 0.4) is 0 Å². The third-order valence-electron chi connectivity index (χ3n) is 4.82. The summed E-state index contributed by atoms with van der Waals surface area (Å²) in [4.78, 5) is 12.1. The van der Waals surface area contributed by atoms with E-state index in [1.165, 1.54) is 16.1 Å². The monoisotopic (exact) mass is 432 g/mol. The SMILES string of the molecule is CCc1ccccc1N(CCCC(=O)NCCOc1ccc(C)cc1C)S(C)(=O)=O. The standard InChI is InChI=1S/C23H32N2O4S/c1-5-20-9-6-7-10-21(20)25(30(4,27)28)15-8-11-23(26)24-14-16-29-22-13-12-18(2)17-19(22)3/h6-7,9-10,12-13,17H,5,8,11,14-16H2,1-4H3,(H,24,26). The minimum Gasteiger partial charge on any atom is -0.491 e. The number of ether oxygens (including phenoxy) is 1. The van der Waals surface area contributed by atoms with Crippen molar-refractivity contribution in [3.63, 3.8) is 0 Å². The molecule has 1 amide bonds. The van der Waals surface area contributed by atoms with E-state index in [1.54, 1.807) is 0 Å². The van der Waals surface area contributed by atoms with Crippen molar-refractivity contribution in [2.24, 2.45) is 0 Å². The molecule has 2 rings (SSSR count). The van der Waals surface area contributed by atoms with Gasteiger partial charge in [-0.1, -0.05) is 42.8 Å². The van der Waals surface area contributed by atoms with Crippen molar-refractivity contribution in [1.82, 2.24) is 5.32 Å². The lowest BCUT2D eigenvalue weighted by molar-refractivity contribution is -0.121. The topological polar surface area (TPSA) is 75.7 Å². The van der Waals surface area contributed by atoms with E-state index >= 15 is 0 Å². The minimum absolute atomic E-state index is 0.114. The summed E-state index contributed by atoms with van der Waals surface area (Å²) in [6, 6.07) is 13.4. The van der Waals surface area contributed by atoms with Crippen LogP contribution in [0.5, 0.6) is 5.75 Å². The summed E-state index contributed by atoms with van der Waals surface area (Å²) in [5.41, 5.74) is 3.90. The van der Waals surface area contributed by atoms with E-state index in [0.717, 1.165) is 23.3 Å². The van der Waals surface area contributed by atoms with Gasteiger partial charge in [0.1, 0.15) is 12.4 Å². The number of amides is 1. The molecule has 1 N–H and O–H groups in total. The summed E-state index contributed by atoms with van der Waals surface area (Å²) in [5, 5.41) is 2.83. The Bertz CT molecular complexity index is 957. The Morgan fingerprint density at radius 2 is 1.87 bits per heavy atom. The zero-order valence-corrected chi connectivity index (χ0v) is 19.1. The summed E-state index contributed by atoms with van der Waals surface area (Å²) < 4.78 is 31.7. The summed E-state index contributed by atoms with van der Waals surface area (Å²) >= 11 is 0. The molecule has 0 aliphatic carbocycles. The van der Waals surface area contributed by atoms with Gasteiger partial charge in [-0.2, -0.15) is 0 Å². The zero-order valence-electron chi connectivity index (χ0n) is 18.3. The van der Waals surface area contributed by atoms with Gasteiger partial charge in [0.15, 0.2) is 0 Å². The van der Waals surface area contributed by atoms with E-state index in [-0.39, 0.29) is 18.9 Å². The highest BCUT2D eigenvalue weighted by Crippen LogP contribution is 2.24. The molecule has 0 bridgehead atoms. The molecule has 6 nitrogen and oxygen atoms in total. The Kier molecular flexibility index (Phi) is 8.72. The molecule has 164 valence electrons. The maximum atomic E-state index is 12.3. The van der Waals surface area contributed by atoms with Crippen LogP contribution in [0, 0.1) is 13.8 Å². The van der Waals surface area contributed by atoms with Crippen LogP contribution in [0.1, 0.15) is 36.5 Å². The lowest BCUT2D eigenvalue weighted by atomic mass is 10.1. The van der Waals surface area contributed by atoms with Crippen molar-refractivity contribution in [2.45, 2.75) is 40.0 Å². The Morgan fingerprint density at radius 3 is 2.53 bits per heavy atom. The third-order valence-corrected chi connectivity index (χ3v) is 6.00. The van der Waals surface area contributed by atoms with Gasteiger partial charge in [0, 0.05) is 13.0 Å². The fourth-order valence-corrected chi connectivity index (χ4v) is 4.30. The number of anilines is 1. The number of rotatable bonds is 11. The molecule has 2 aromatic carbocycles. The van der Waals surface area contributed by atoms with Gasteiger partial charge in [-0.15, -0.1) is 0 Å². The molecule has 0 fully saturated rings. The normalized spacial score (nSPS) is 11.2. The molecule has 0 aliphatic heterocycles. The average molecular weight is 433 g/mol. The second-order valence-electron chi connectivity index (χ2n) is 7.39. The van der Waals surface area contributed by atoms with Crippen LogP contribution in [0.2, 0.25) is 0 Å². The van der Waals surface area contributed by atoms with Crippen molar-refractivity contribution in [3.05, 3.63) is 59.2 Å². The van der Waals surface area contributed by atoms with E-state index in [1.807, 2.05) is 57.2 Å². The number of aryl methyl sites for hydroxylation is 3. The smallest absolute Gasteiger partial charge is 0.232 e. The number of hydrogen-bond donors (Lipinski definition) is 1. The summed E-state index contributed by atoms with van der Waals surface area (Å²) in [5.74, 6) is 0.699. The van der Waals surface area contributed by atoms with Crippen molar-refractivity contribution < 1.29 is 17.9 Å². The third kappa shape index (κ3) is 7.06.